The first-order chi connectivity index (χ1) is 19.0. The number of carbonyl (C=O) groups excluding carboxylic acids is 1. The second-order valence-corrected chi connectivity index (χ2v) is 12.0. The Hall–Kier alpha value is -4.73. The number of sulfonamides is 2. The molecule has 0 atom stereocenters. The summed E-state index contributed by atoms with van der Waals surface area (Å²) in [6, 6.07) is 6.25. The van der Waals surface area contributed by atoms with Crippen molar-refractivity contribution in [2.75, 3.05) is 26.2 Å². The van der Waals surface area contributed by atoms with Crippen LogP contribution < -0.4 is 0 Å². The second kappa shape index (κ2) is 12.2. The molecular formula is C20H20N6O13S2. The van der Waals surface area contributed by atoms with Crippen LogP contribution in [0.4, 0.5) is 11.4 Å². The van der Waals surface area contributed by atoms with Crippen molar-refractivity contribution in [2.24, 2.45) is 0 Å². The zero-order valence-electron chi connectivity index (χ0n) is 20.7. The van der Waals surface area contributed by atoms with Gasteiger partial charge in [0.05, 0.1) is 32.7 Å². The van der Waals surface area contributed by atoms with Crippen LogP contribution in [-0.2, 0) is 24.8 Å². The first-order valence-corrected chi connectivity index (χ1v) is 13.7. The van der Waals surface area contributed by atoms with Crippen molar-refractivity contribution in [2.45, 2.75) is 15.5 Å². The highest BCUT2D eigenvalue weighted by Crippen LogP contribution is 2.28. The maximum absolute atomic E-state index is 13.2. The van der Waals surface area contributed by atoms with E-state index in [0.29, 0.717) is 0 Å². The van der Waals surface area contributed by atoms with Crippen molar-refractivity contribution in [3.63, 3.8) is 0 Å². The number of carbonyl (C=O) groups is 1. The number of nitro groups is 4. The van der Waals surface area contributed by atoms with Crippen LogP contribution in [0, 0.1) is 40.5 Å². The van der Waals surface area contributed by atoms with Crippen LogP contribution in [0.1, 0.15) is 0 Å². The van der Waals surface area contributed by atoms with E-state index in [1.807, 2.05) is 0 Å². The number of ketones is 1. The molecule has 21 heteroatoms. The van der Waals surface area contributed by atoms with Crippen molar-refractivity contribution < 1.29 is 41.3 Å². The average Bonchev–Trinajstić information content (AvgIpc) is 2.91. The molecule has 3 rings (SSSR count). The first kappa shape index (κ1) is 32.5. The van der Waals surface area contributed by atoms with Crippen molar-refractivity contribution in [3.05, 3.63) is 102 Å². The molecule has 0 radical (unpaired) electrons. The van der Waals surface area contributed by atoms with Crippen LogP contribution in [0.15, 0.2) is 71.5 Å². The quantitative estimate of drug-likeness (QED) is 0.172. The Bertz CT molecular complexity index is 1480. The molecule has 1 saturated heterocycles. The van der Waals surface area contributed by atoms with Crippen molar-refractivity contribution in [1.29, 1.82) is 0 Å². The Morgan fingerprint density at radius 2 is 0.927 bits per heavy atom. The minimum atomic E-state index is -4.88. The van der Waals surface area contributed by atoms with E-state index < -0.39 is 98.5 Å². The standard InChI is InChI=1S/C18H16N6O13S2.C2H4/c25-15-9-19(38(34,35)16-5-1-13(2-6-16)21(26)27)11-18(23(30)31,24(32)33)12-20(10-15)39(36,37)17-7-3-14(4-8-17)22(28)29;1-2/h1-8H,9-12H2;1-2H2. The second-order valence-electron chi connectivity index (χ2n) is 8.08. The molecule has 0 aliphatic carbocycles. The van der Waals surface area contributed by atoms with E-state index in [1.165, 1.54) is 0 Å². The number of Topliss-reactive ketones (excluding diaryl/α,β-unsaturated/α-hetero) is 1. The van der Waals surface area contributed by atoms with Gasteiger partial charge in [0.2, 0.25) is 20.0 Å². The molecule has 41 heavy (non-hydrogen) atoms. The lowest BCUT2D eigenvalue weighted by molar-refractivity contribution is -0.794. The molecule has 2 aromatic rings. The van der Waals surface area contributed by atoms with Gasteiger partial charge < -0.3 is 0 Å². The number of benzene rings is 2. The maximum atomic E-state index is 13.2. The summed E-state index contributed by atoms with van der Waals surface area (Å²) < 4.78 is 53.0. The average molecular weight is 617 g/mol. The zero-order chi connectivity index (χ0) is 31.3. The molecule has 19 nitrogen and oxygen atoms in total. The van der Waals surface area contributed by atoms with Crippen molar-refractivity contribution >= 4 is 37.2 Å². The van der Waals surface area contributed by atoms with E-state index in [9.17, 15) is 62.1 Å². The van der Waals surface area contributed by atoms with Gasteiger partial charge >= 0.3 is 5.66 Å². The summed E-state index contributed by atoms with van der Waals surface area (Å²) in [5.74, 6) is -1.12. The van der Waals surface area contributed by atoms with Gasteiger partial charge in [-0.3, -0.25) is 45.3 Å². The van der Waals surface area contributed by atoms with Gasteiger partial charge in [0.25, 0.3) is 11.4 Å². The SMILES string of the molecule is C=C.O=C1CN(S(=O)(=O)c2ccc([N+](=O)[O-])cc2)CC([N+](=O)[O-])([N+](=O)[O-])CN(S(=O)(=O)c2ccc([N+](=O)[O-])cc2)C1. The lowest BCUT2D eigenvalue weighted by Gasteiger charge is -2.32. The third-order valence-corrected chi connectivity index (χ3v) is 9.23. The van der Waals surface area contributed by atoms with E-state index in [2.05, 4.69) is 13.2 Å². The molecule has 0 saturated carbocycles. The number of hydrogen-bond donors (Lipinski definition) is 0. The van der Waals surface area contributed by atoms with Crippen LogP contribution in [0.5, 0.6) is 0 Å². The largest absolute Gasteiger partial charge is 0.484 e. The summed E-state index contributed by atoms with van der Waals surface area (Å²) in [5.41, 5.74) is -4.51. The lowest BCUT2D eigenvalue weighted by Crippen LogP contribution is -2.65. The Labute approximate surface area is 231 Å². The Morgan fingerprint density at radius 3 is 1.17 bits per heavy atom. The van der Waals surface area contributed by atoms with Gasteiger partial charge in [-0.05, 0) is 24.3 Å². The van der Waals surface area contributed by atoms with Gasteiger partial charge in [-0.25, -0.2) is 16.8 Å². The van der Waals surface area contributed by atoms with Crippen molar-refractivity contribution in [3.8, 4) is 0 Å². The fourth-order valence-corrected chi connectivity index (χ4v) is 6.52. The minimum absolute atomic E-state index is 0.137. The Balaban J connectivity index is 0.00000287. The van der Waals surface area contributed by atoms with Gasteiger partial charge in [0.15, 0.2) is 18.9 Å². The molecule has 1 heterocycles. The minimum Gasteiger partial charge on any atom is -0.297 e. The van der Waals surface area contributed by atoms with Crippen molar-refractivity contribution in [1.82, 2.24) is 8.61 Å². The summed E-state index contributed by atoms with van der Waals surface area (Å²) in [6.07, 6.45) is 0. The summed E-state index contributed by atoms with van der Waals surface area (Å²) in [4.78, 5) is 52.5. The monoisotopic (exact) mass is 616 g/mol. The molecule has 0 aromatic heterocycles. The smallest absolute Gasteiger partial charge is 0.297 e. The summed E-state index contributed by atoms with van der Waals surface area (Å²) in [7, 11) is -9.77. The molecule has 1 fully saturated rings. The van der Waals surface area contributed by atoms with Crippen LogP contribution in [-0.4, -0.2) is 82.8 Å². The predicted molar refractivity (Wildman–Crippen MR) is 137 cm³/mol. The van der Waals surface area contributed by atoms with Gasteiger partial charge in [-0.1, -0.05) is 0 Å². The number of rotatable bonds is 8. The third-order valence-electron chi connectivity index (χ3n) is 5.61. The predicted octanol–water partition coefficient (Wildman–Crippen LogP) is 0.819. The number of nitrogens with zero attached hydrogens (tertiary/aromatic N) is 6. The molecule has 2 aromatic carbocycles. The fraction of sp³-hybridized carbons (Fsp3) is 0.250. The normalized spacial score (nSPS) is 16.3. The van der Waals surface area contributed by atoms with Gasteiger partial charge in [0.1, 0.15) is 9.85 Å². The van der Waals surface area contributed by atoms with Crippen LogP contribution >= 0.6 is 0 Å². The maximum Gasteiger partial charge on any atom is 0.484 e. The fourth-order valence-electron chi connectivity index (χ4n) is 3.59. The van der Waals surface area contributed by atoms with Crippen LogP contribution in [0.3, 0.4) is 0 Å². The van der Waals surface area contributed by atoms with Gasteiger partial charge in [-0.15, -0.1) is 13.2 Å². The molecular weight excluding hydrogens is 596 g/mol. The van der Waals surface area contributed by atoms with E-state index in [-0.39, 0.29) is 8.61 Å². The molecule has 0 spiro atoms. The Kier molecular flexibility index (Phi) is 9.66. The van der Waals surface area contributed by atoms with E-state index in [4.69, 9.17) is 0 Å². The topological polar surface area (TPSA) is 264 Å². The highest BCUT2D eigenvalue weighted by molar-refractivity contribution is 7.89. The summed E-state index contributed by atoms with van der Waals surface area (Å²) in [5, 5.41) is 45.7. The van der Waals surface area contributed by atoms with E-state index in [0.717, 1.165) is 48.5 Å². The highest BCUT2D eigenvalue weighted by Gasteiger charge is 2.62. The van der Waals surface area contributed by atoms with Gasteiger partial charge in [-0.2, -0.15) is 8.61 Å². The first-order valence-electron chi connectivity index (χ1n) is 10.8. The lowest BCUT2D eigenvalue weighted by atomic mass is 10.1. The molecule has 220 valence electrons. The zero-order valence-corrected chi connectivity index (χ0v) is 22.3. The van der Waals surface area contributed by atoms with Crippen LogP contribution in [0.2, 0.25) is 0 Å². The number of nitro benzene ring substituents is 2. The van der Waals surface area contributed by atoms with E-state index >= 15 is 0 Å². The summed E-state index contributed by atoms with van der Waals surface area (Å²) >= 11 is 0. The Morgan fingerprint density at radius 1 is 0.634 bits per heavy atom. The molecule has 0 unspecified atom stereocenters. The number of non-ortho nitro benzene ring substituents is 2. The molecule has 1 aliphatic heterocycles. The molecule has 0 N–H and O–H groups in total. The molecule has 0 bridgehead atoms. The number of hydrogen-bond acceptors (Lipinski definition) is 13. The summed E-state index contributed by atoms with van der Waals surface area (Å²) in [6.45, 7) is 0.415. The van der Waals surface area contributed by atoms with Crippen LogP contribution in [0.25, 0.3) is 0 Å². The third kappa shape index (κ3) is 6.54. The van der Waals surface area contributed by atoms with E-state index in [1.54, 1.807) is 0 Å². The highest BCUT2D eigenvalue weighted by atomic mass is 32.2. The molecule has 0 amide bonds. The molecule has 1 aliphatic rings. The van der Waals surface area contributed by atoms with Gasteiger partial charge in [0, 0.05) is 24.3 Å².